The summed E-state index contributed by atoms with van der Waals surface area (Å²) in [5.41, 5.74) is 1.55. The molecule has 1 amide bonds. The molecule has 1 aliphatic heterocycles. The molecule has 0 bridgehead atoms. The van der Waals surface area contributed by atoms with Crippen LogP contribution in [-0.4, -0.2) is 43.9 Å². The first-order chi connectivity index (χ1) is 14.6. The van der Waals surface area contributed by atoms with Crippen molar-refractivity contribution >= 4 is 33.4 Å². The zero-order valence-corrected chi connectivity index (χ0v) is 17.4. The molecule has 156 valence electrons. The first-order valence-electron chi connectivity index (χ1n) is 9.27. The van der Waals surface area contributed by atoms with Crippen molar-refractivity contribution in [2.24, 2.45) is 4.99 Å². The van der Waals surface area contributed by atoms with E-state index in [1.54, 1.807) is 29.9 Å². The van der Waals surface area contributed by atoms with Gasteiger partial charge < -0.3 is 23.5 Å². The number of hydrogen-bond acceptors (Lipinski definition) is 7. The van der Waals surface area contributed by atoms with E-state index in [2.05, 4.69) is 4.99 Å². The number of carbonyl (C=O) groups is 2. The zero-order valence-electron chi connectivity index (χ0n) is 16.5. The molecule has 0 saturated heterocycles. The normalized spacial score (nSPS) is 13.3. The van der Waals surface area contributed by atoms with E-state index in [1.807, 2.05) is 18.2 Å². The number of methoxy groups -OCH3 is 2. The lowest BCUT2D eigenvalue weighted by molar-refractivity contribution is -0.141. The minimum Gasteiger partial charge on any atom is -0.497 e. The van der Waals surface area contributed by atoms with Crippen LogP contribution in [0, 0.1) is 0 Å². The maximum absolute atomic E-state index is 12.6. The number of thiazole rings is 1. The smallest absolute Gasteiger partial charge is 0.325 e. The number of ether oxygens (including phenoxy) is 4. The first-order valence-corrected chi connectivity index (χ1v) is 10.1. The van der Waals surface area contributed by atoms with Crippen molar-refractivity contribution in [3.63, 3.8) is 0 Å². The van der Waals surface area contributed by atoms with E-state index in [9.17, 15) is 9.59 Å². The molecule has 0 spiro atoms. The van der Waals surface area contributed by atoms with E-state index < -0.39 is 5.97 Å². The molecular weight excluding hydrogens is 408 g/mol. The van der Waals surface area contributed by atoms with Gasteiger partial charge in [-0.2, -0.15) is 4.99 Å². The van der Waals surface area contributed by atoms with Gasteiger partial charge in [-0.3, -0.25) is 9.59 Å². The molecule has 0 saturated carbocycles. The van der Waals surface area contributed by atoms with Gasteiger partial charge in [0.05, 0.1) is 30.9 Å². The number of rotatable bonds is 5. The Morgan fingerprint density at radius 1 is 1.10 bits per heavy atom. The van der Waals surface area contributed by atoms with Gasteiger partial charge in [0.1, 0.15) is 25.5 Å². The van der Waals surface area contributed by atoms with Crippen LogP contribution in [0.25, 0.3) is 10.2 Å². The molecule has 8 nitrogen and oxygen atoms in total. The number of hydrogen-bond donors (Lipinski definition) is 0. The highest BCUT2D eigenvalue weighted by molar-refractivity contribution is 7.16. The summed E-state index contributed by atoms with van der Waals surface area (Å²) in [5.74, 6) is 1.20. The highest BCUT2D eigenvalue weighted by atomic mass is 32.1. The summed E-state index contributed by atoms with van der Waals surface area (Å²) < 4.78 is 23.7. The molecule has 4 rings (SSSR count). The molecule has 9 heteroatoms. The summed E-state index contributed by atoms with van der Waals surface area (Å²) in [6, 6.07) is 10.9. The van der Waals surface area contributed by atoms with Crippen LogP contribution in [0.15, 0.2) is 41.4 Å². The Bertz CT molecular complexity index is 1160. The number of nitrogens with zero attached hydrogens (tertiary/aromatic N) is 2. The topological polar surface area (TPSA) is 88.4 Å². The average molecular weight is 428 g/mol. The number of fused-ring (bicyclic) bond motifs is 2. The van der Waals surface area contributed by atoms with Crippen molar-refractivity contribution in [3.05, 3.63) is 46.8 Å². The third kappa shape index (κ3) is 4.16. The van der Waals surface area contributed by atoms with Crippen LogP contribution >= 0.6 is 11.3 Å². The lowest BCUT2D eigenvalue weighted by atomic mass is 10.1. The standard InChI is InChI=1S/C21H20N2O6S/c1-26-14-5-3-13(4-6-14)9-19(24)22-21-23(12-20(25)27-2)15-10-16-17(11-18(15)30-21)29-8-7-28-16/h3-6,10-11H,7-9,12H2,1-2H3. The molecule has 1 aliphatic rings. The van der Waals surface area contributed by atoms with Crippen LogP contribution in [0.1, 0.15) is 5.56 Å². The molecule has 3 aromatic rings. The Balaban J connectivity index is 1.72. The predicted octanol–water partition coefficient (Wildman–Crippen LogP) is 2.33. The van der Waals surface area contributed by atoms with E-state index in [4.69, 9.17) is 18.9 Å². The number of esters is 1. The number of carbonyl (C=O) groups excluding carboxylic acids is 2. The summed E-state index contributed by atoms with van der Waals surface area (Å²) in [5, 5.41) is 0. The third-order valence-electron chi connectivity index (χ3n) is 4.60. The lowest BCUT2D eigenvalue weighted by Gasteiger charge is -2.18. The van der Waals surface area contributed by atoms with Crippen molar-refractivity contribution < 1.29 is 28.5 Å². The van der Waals surface area contributed by atoms with Gasteiger partial charge in [-0.15, -0.1) is 0 Å². The van der Waals surface area contributed by atoms with Crippen LogP contribution < -0.4 is 19.0 Å². The molecule has 30 heavy (non-hydrogen) atoms. The van der Waals surface area contributed by atoms with Gasteiger partial charge in [-0.1, -0.05) is 23.5 Å². The van der Waals surface area contributed by atoms with Crippen LogP contribution in [0.4, 0.5) is 0 Å². The summed E-state index contributed by atoms with van der Waals surface area (Å²) in [6.07, 6.45) is 0.138. The molecule has 1 aromatic heterocycles. The van der Waals surface area contributed by atoms with Crippen molar-refractivity contribution in [2.75, 3.05) is 27.4 Å². The van der Waals surface area contributed by atoms with Gasteiger partial charge in [0.25, 0.3) is 5.91 Å². The Hall–Kier alpha value is -3.33. The van der Waals surface area contributed by atoms with Crippen molar-refractivity contribution in [1.29, 1.82) is 0 Å². The average Bonchev–Trinajstić information content (AvgIpc) is 3.08. The maximum atomic E-state index is 12.6. The second-order valence-electron chi connectivity index (χ2n) is 6.54. The van der Waals surface area contributed by atoms with Gasteiger partial charge >= 0.3 is 5.97 Å². The van der Waals surface area contributed by atoms with Crippen molar-refractivity contribution in [3.8, 4) is 17.2 Å². The zero-order chi connectivity index (χ0) is 21.1. The Morgan fingerprint density at radius 2 is 1.80 bits per heavy atom. The second kappa shape index (κ2) is 8.58. The SMILES string of the molecule is COC(=O)Cn1c(=NC(=O)Cc2ccc(OC)cc2)sc2cc3c(cc21)OCCO3. The van der Waals surface area contributed by atoms with Gasteiger partial charge in [0.15, 0.2) is 16.3 Å². The minimum absolute atomic E-state index is 0.0647. The molecule has 0 N–H and O–H groups in total. The molecular formula is C21H20N2O6S. The largest absolute Gasteiger partial charge is 0.497 e. The summed E-state index contributed by atoms with van der Waals surface area (Å²) in [4.78, 5) is 29.3. The Morgan fingerprint density at radius 3 is 2.47 bits per heavy atom. The van der Waals surface area contributed by atoms with Gasteiger partial charge in [0.2, 0.25) is 0 Å². The molecule has 0 fully saturated rings. The number of benzene rings is 2. The van der Waals surface area contributed by atoms with Gasteiger partial charge in [-0.25, -0.2) is 0 Å². The lowest BCUT2D eigenvalue weighted by Crippen LogP contribution is -2.23. The second-order valence-corrected chi connectivity index (χ2v) is 7.55. The fraction of sp³-hybridized carbons (Fsp3) is 0.286. The molecule has 0 atom stereocenters. The molecule has 0 radical (unpaired) electrons. The van der Waals surface area contributed by atoms with Crippen LogP contribution in [0.3, 0.4) is 0 Å². The van der Waals surface area contributed by atoms with E-state index in [1.165, 1.54) is 18.4 Å². The van der Waals surface area contributed by atoms with Crippen molar-refractivity contribution in [2.45, 2.75) is 13.0 Å². The quantitative estimate of drug-likeness (QED) is 0.580. The van der Waals surface area contributed by atoms with E-state index in [0.29, 0.717) is 29.5 Å². The summed E-state index contributed by atoms with van der Waals surface area (Å²) in [7, 11) is 2.91. The summed E-state index contributed by atoms with van der Waals surface area (Å²) >= 11 is 1.31. The maximum Gasteiger partial charge on any atom is 0.325 e. The van der Waals surface area contributed by atoms with Crippen molar-refractivity contribution in [1.82, 2.24) is 4.57 Å². The summed E-state index contributed by atoms with van der Waals surface area (Å²) in [6.45, 7) is 0.867. The fourth-order valence-corrected chi connectivity index (χ4v) is 4.16. The number of amides is 1. The highest BCUT2D eigenvalue weighted by Crippen LogP contribution is 2.35. The van der Waals surface area contributed by atoms with Crippen LogP contribution in [0.2, 0.25) is 0 Å². The van der Waals surface area contributed by atoms with Gasteiger partial charge in [-0.05, 0) is 17.7 Å². The first kappa shape index (κ1) is 20.0. The monoisotopic (exact) mass is 428 g/mol. The highest BCUT2D eigenvalue weighted by Gasteiger charge is 2.18. The minimum atomic E-state index is -0.436. The predicted molar refractivity (Wildman–Crippen MR) is 110 cm³/mol. The van der Waals surface area contributed by atoms with E-state index >= 15 is 0 Å². The Labute approximate surface area is 176 Å². The third-order valence-corrected chi connectivity index (χ3v) is 5.64. The van der Waals surface area contributed by atoms with Crippen LogP contribution in [-0.2, 0) is 27.3 Å². The van der Waals surface area contributed by atoms with E-state index in [-0.39, 0.29) is 18.9 Å². The fourth-order valence-electron chi connectivity index (χ4n) is 3.10. The Kier molecular flexibility index (Phi) is 5.71. The molecule has 0 unspecified atom stereocenters. The molecule has 2 heterocycles. The van der Waals surface area contributed by atoms with Crippen LogP contribution in [0.5, 0.6) is 17.2 Å². The molecule has 0 aliphatic carbocycles. The van der Waals surface area contributed by atoms with Gasteiger partial charge in [0, 0.05) is 12.1 Å². The van der Waals surface area contributed by atoms with E-state index in [0.717, 1.165) is 21.5 Å². The number of aromatic nitrogens is 1. The molecule has 2 aromatic carbocycles.